The Morgan fingerprint density at radius 2 is 1.89 bits per heavy atom. The van der Waals surface area contributed by atoms with E-state index in [0.717, 1.165) is 56.1 Å². The third kappa shape index (κ3) is 8.15. The number of phenols is 2. The molecule has 2 atom stereocenters. The van der Waals surface area contributed by atoms with Crippen molar-refractivity contribution in [2.45, 2.75) is 98.8 Å². The molecule has 0 radical (unpaired) electrons. The molecule has 0 saturated carbocycles. The van der Waals surface area contributed by atoms with Crippen LogP contribution in [0.2, 0.25) is 0 Å². The van der Waals surface area contributed by atoms with Gasteiger partial charge in [-0.05, 0) is 96.8 Å². The molecule has 0 spiro atoms. The molecular formula is C32H46O4. The van der Waals surface area contributed by atoms with Crippen molar-refractivity contribution < 1.29 is 19.7 Å². The second-order valence-electron chi connectivity index (χ2n) is 10.6. The largest absolute Gasteiger partial charge is 0.507 e. The van der Waals surface area contributed by atoms with Gasteiger partial charge in [0, 0.05) is 11.5 Å². The molecule has 0 bridgehead atoms. The molecule has 1 aromatic carbocycles. The van der Waals surface area contributed by atoms with E-state index in [1.165, 1.54) is 11.1 Å². The van der Waals surface area contributed by atoms with Crippen molar-refractivity contribution in [2.75, 3.05) is 6.61 Å². The van der Waals surface area contributed by atoms with Crippen LogP contribution in [0.4, 0.5) is 0 Å². The Morgan fingerprint density at radius 1 is 1.17 bits per heavy atom. The zero-order valence-corrected chi connectivity index (χ0v) is 23.2. The number of esters is 1. The Balaban J connectivity index is 2.40. The van der Waals surface area contributed by atoms with Crippen LogP contribution >= 0.6 is 0 Å². The lowest BCUT2D eigenvalue weighted by atomic mass is 9.73. The molecule has 36 heavy (non-hydrogen) atoms. The summed E-state index contributed by atoms with van der Waals surface area (Å²) < 4.78 is 5.63. The van der Waals surface area contributed by atoms with Crippen molar-refractivity contribution >= 4 is 5.97 Å². The molecule has 0 aromatic heterocycles. The van der Waals surface area contributed by atoms with Gasteiger partial charge in [0.15, 0.2) is 0 Å². The summed E-state index contributed by atoms with van der Waals surface area (Å²) in [6.45, 7) is 16.7. The van der Waals surface area contributed by atoms with Gasteiger partial charge in [0.25, 0.3) is 0 Å². The van der Waals surface area contributed by atoms with E-state index >= 15 is 0 Å². The minimum Gasteiger partial charge on any atom is -0.507 e. The summed E-state index contributed by atoms with van der Waals surface area (Å²) in [5, 5.41) is 22.5. The SMILES string of the molecule is C=C(C)C1CCC(C)=C[C@H]1c1c(O)cc(CCCCC)c(C(=O)OC/C=C(\C)CCC=C(C)C)c1O. The van der Waals surface area contributed by atoms with Gasteiger partial charge in [-0.15, -0.1) is 0 Å². The van der Waals surface area contributed by atoms with Crippen molar-refractivity contribution in [1.82, 2.24) is 0 Å². The molecule has 1 aliphatic carbocycles. The molecule has 1 aliphatic rings. The molecule has 1 aromatic rings. The van der Waals surface area contributed by atoms with Gasteiger partial charge in [-0.3, -0.25) is 0 Å². The smallest absolute Gasteiger partial charge is 0.342 e. The van der Waals surface area contributed by atoms with Crippen LogP contribution in [0.5, 0.6) is 11.5 Å². The molecule has 0 fully saturated rings. The molecule has 2 rings (SSSR count). The highest BCUT2D eigenvalue weighted by Gasteiger charge is 2.33. The number of aryl methyl sites for hydroxylation is 1. The Hall–Kier alpha value is -2.75. The highest BCUT2D eigenvalue weighted by atomic mass is 16.5. The fourth-order valence-electron chi connectivity index (χ4n) is 4.97. The summed E-state index contributed by atoms with van der Waals surface area (Å²) in [7, 11) is 0. The summed E-state index contributed by atoms with van der Waals surface area (Å²) in [5.41, 5.74) is 5.90. The van der Waals surface area contributed by atoms with Crippen LogP contribution in [-0.4, -0.2) is 22.8 Å². The monoisotopic (exact) mass is 494 g/mol. The van der Waals surface area contributed by atoms with Crippen LogP contribution < -0.4 is 0 Å². The first-order valence-corrected chi connectivity index (χ1v) is 13.4. The van der Waals surface area contributed by atoms with Gasteiger partial charge >= 0.3 is 5.97 Å². The maximum absolute atomic E-state index is 13.3. The molecular weight excluding hydrogens is 448 g/mol. The molecule has 1 unspecified atom stereocenters. The highest BCUT2D eigenvalue weighted by Crippen LogP contribution is 2.48. The Kier molecular flexibility index (Phi) is 11.6. The zero-order valence-electron chi connectivity index (χ0n) is 23.2. The minimum atomic E-state index is -0.544. The van der Waals surface area contributed by atoms with Crippen LogP contribution in [-0.2, 0) is 11.2 Å². The predicted octanol–water partition coefficient (Wildman–Crippen LogP) is 8.70. The number of carbonyl (C=O) groups excluding carboxylic acids is 1. The van der Waals surface area contributed by atoms with Crippen LogP contribution in [0, 0.1) is 5.92 Å². The maximum Gasteiger partial charge on any atom is 0.342 e. The Labute approximate surface area is 218 Å². The number of unbranched alkanes of at least 4 members (excludes halogenated alkanes) is 2. The first kappa shape index (κ1) is 29.5. The standard InChI is InChI=1S/C32H46O4/c1-8-9-10-14-25-20-28(33)30(27-19-24(7)15-16-26(27)22(4)5)31(34)29(25)32(35)36-18-17-23(6)13-11-12-21(2)3/h12,17,19-20,26-27,33-34H,4,8-11,13-16,18H2,1-3,5-7H3/b23-17+/t26?,27-/m1/s1. The van der Waals surface area contributed by atoms with E-state index in [-0.39, 0.29) is 35.5 Å². The van der Waals surface area contributed by atoms with Crippen LogP contribution in [0.15, 0.2) is 53.2 Å². The average molecular weight is 495 g/mol. The number of carbonyl (C=O) groups is 1. The summed E-state index contributed by atoms with van der Waals surface area (Å²) in [6.07, 6.45) is 13.5. The second-order valence-corrected chi connectivity index (χ2v) is 10.6. The number of hydrogen-bond acceptors (Lipinski definition) is 4. The quantitative estimate of drug-likeness (QED) is 0.173. The first-order chi connectivity index (χ1) is 17.1. The highest BCUT2D eigenvalue weighted by molar-refractivity contribution is 5.95. The third-order valence-corrected chi connectivity index (χ3v) is 7.10. The van der Waals surface area contributed by atoms with E-state index < -0.39 is 5.97 Å². The van der Waals surface area contributed by atoms with E-state index in [9.17, 15) is 15.0 Å². The fourth-order valence-corrected chi connectivity index (χ4v) is 4.97. The van der Waals surface area contributed by atoms with Crippen LogP contribution in [0.25, 0.3) is 0 Å². The van der Waals surface area contributed by atoms with Gasteiger partial charge in [-0.2, -0.15) is 0 Å². The molecule has 2 N–H and O–H groups in total. The lowest BCUT2D eigenvalue weighted by Crippen LogP contribution is -2.19. The average Bonchev–Trinajstić information content (AvgIpc) is 2.78. The van der Waals surface area contributed by atoms with Crippen molar-refractivity contribution in [3.05, 3.63) is 69.9 Å². The normalized spacial score (nSPS) is 17.9. The maximum atomic E-state index is 13.3. The number of hydrogen-bond donors (Lipinski definition) is 2. The topological polar surface area (TPSA) is 66.8 Å². The molecule has 0 amide bonds. The van der Waals surface area contributed by atoms with E-state index in [0.29, 0.717) is 17.5 Å². The van der Waals surface area contributed by atoms with Gasteiger partial charge < -0.3 is 14.9 Å². The van der Waals surface area contributed by atoms with Gasteiger partial charge in [-0.1, -0.05) is 60.8 Å². The summed E-state index contributed by atoms with van der Waals surface area (Å²) in [4.78, 5) is 13.3. The van der Waals surface area contributed by atoms with Gasteiger partial charge in [0.1, 0.15) is 23.7 Å². The zero-order chi connectivity index (χ0) is 26.8. The summed E-state index contributed by atoms with van der Waals surface area (Å²) in [5.74, 6) is -0.806. The van der Waals surface area contributed by atoms with Crippen molar-refractivity contribution in [3.63, 3.8) is 0 Å². The summed E-state index contributed by atoms with van der Waals surface area (Å²) >= 11 is 0. The number of rotatable bonds is 12. The third-order valence-electron chi connectivity index (χ3n) is 7.10. The minimum absolute atomic E-state index is 0.0350. The molecule has 198 valence electrons. The van der Waals surface area contributed by atoms with E-state index in [4.69, 9.17) is 4.74 Å². The van der Waals surface area contributed by atoms with Gasteiger partial charge in [0.05, 0.1) is 0 Å². The lowest BCUT2D eigenvalue weighted by Gasteiger charge is -2.32. The number of phenolic OH excluding ortho intramolecular Hbond substituents is 2. The van der Waals surface area contributed by atoms with E-state index in [2.05, 4.69) is 46.4 Å². The molecule has 0 aliphatic heterocycles. The van der Waals surface area contributed by atoms with Crippen molar-refractivity contribution in [2.24, 2.45) is 5.92 Å². The van der Waals surface area contributed by atoms with E-state index in [1.807, 2.05) is 19.9 Å². The number of aromatic hydroxyl groups is 2. The second kappa shape index (κ2) is 14.1. The fraction of sp³-hybridized carbons (Fsp3) is 0.531. The molecule has 4 heteroatoms. The van der Waals surface area contributed by atoms with Crippen LogP contribution in [0.3, 0.4) is 0 Å². The van der Waals surface area contributed by atoms with Crippen LogP contribution in [0.1, 0.15) is 114 Å². The Bertz CT molecular complexity index is 1020. The molecule has 4 nitrogen and oxygen atoms in total. The van der Waals surface area contributed by atoms with Crippen molar-refractivity contribution in [3.8, 4) is 11.5 Å². The molecule has 0 heterocycles. The number of benzene rings is 1. The van der Waals surface area contributed by atoms with Crippen molar-refractivity contribution in [1.29, 1.82) is 0 Å². The van der Waals surface area contributed by atoms with Gasteiger partial charge in [0.2, 0.25) is 0 Å². The molecule has 0 saturated heterocycles. The Morgan fingerprint density at radius 3 is 2.53 bits per heavy atom. The van der Waals surface area contributed by atoms with E-state index in [1.54, 1.807) is 6.07 Å². The lowest BCUT2D eigenvalue weighted by molar-refractivity contribution is 0.0544. The number of ether oxygens (including phenoxy) is 1. The predicted molar refractivity (Wildman–Crippen MR) is 150 cm³/mol. The summed E-state index contributed by atoms with van der Waals surface area (Å²) in [6, 6.07) is 1.66. The van der Waals surface area contributed by atoms with Gasteiger partial charge in [-0.25, -0.2) is 4.79 Å². The number of allylic oxidation sites excluding steroid dienone is 6. The first-order valence-electron chi connectivity index (χ1n) is 13.4.